The number of anilines is 1. The number of aromatic nitrogens is 2. The van der Waals surface area contributed by atoms with Crippen LogP contribution in [0.4, 0.5) is 5.69 Å². The molecule has 174 valence electrons. The van der Waals surface area contributed by atoms with Crippen molar-refractivity contribution < 1.29 is 4.79 Å². The van der Waals surface area contributed by atoms with Crippen molar-refractivity contribution in [2.75, 3.05) is 11.4 Å². The first kappa shape index (κ1) is 22.4. The van der Waals surface area contributed by atoms with Gasteiger partial charge in [-0.05, 0) is 85.7 Å². The summed E-state index contributed by atoms with van der Waals surface area (Å²) < 4.78 is 2.36. The number of hydrogen-bond acceptors (Lipinski definition) is 2. The summed E-state index contributed by atoms with van der Waals surface area (Å²) in [6, 6.07) is 18.9. The van der Waals surface area contributed by atoms with Gasteiger partial charge in [0.2, 0.25) is 5.91 Å². The molecule has 0 saturated carbocycles. The van der Waals surface area contributed by atoms with E-state index in [4.69, 9.17) is 4.98 Å². The third-order valence-electron chi connectivity index (χ3n) is 7.68. The molecule has 1 fully saturated rings. The van der Waals surface area contributed by atoms with Crippen LogP contribution in [0, 0.1) is 27.7 Å². The lowest BCUT2D eigenvalue weighted by molar-refractivity contribution is -0.117. The lowest BCUT2D eigenvalue weighted by Crippen LogP contribution is -2.25. The minimum atomic E-state index is 0.0660. The second-order valence-electron chi connectivity index (χ2n) is 9.67. The monoisotopic (exact) mass is 451 g/mol. The fourth-order valence-corrected chi connectivity index (χ4v) is 5.45. The molecule has 4 heteroatoms. The van der Waals surface area contributed by atoms with Crippen LogP contribution in [0.5, 0.6) is 0 Å². The number of benzene rings is 3. The predicted molar refractivity (Wildman–Crippen MR) is 140 cm³/mol. The molecule has 5 rings (SSSR count). The number of aryl methyl sites for hydroxylation is 3. The molecule has 4 aromatic rings. The first-order valence-electron chi connectivity index (χ1n) is 12.3. The molecular weight excluding hydrogens is 418 g/mol. The van der Waals surface area contributed by atoms with Gasteiger partial charge in [0, 0.05) is 31.1 Å². The summed E-state index contributed by atoms with van der Waals surface area (Å²) in [5, 5.41) is 0. The summed E-state index contributed by atoms with van der Waals surface area (Å²) in [6.07, 6.45) is 1.40. The van der Waals surface area contributed by atoms with E-state index in [0.29, 0.717) is 13.0 Å². The Labute approximate surface area is 202 Å². The van der Waals surface area contributed by atoms with E-state index in [1.807, 2.05) is 23.1 Å². The maximum Gasteiger partial charge on any atom is 0.227 e. The largest absolute Gasteiger partial charge is 0.323 e. The Morgan fingerprint density at radius 3 is 2.35 bits per heavy atom. The Morgan fingerprint density at radius 2 is 1.62 bits per heavy atom. The Kier molecular flexibility index (Phi) is 5.76. The predicted octanol–water partition coefficient (Wildman–Crippen LogP) is 6.40. The fraction of sp³-hybridized carbons (Fsp3) is 0.333. The highest BCUT2D eigenvalue weighted by molar-refractivity contribution is 5.97. The number of amides is 1. The molecule has 1 saturated heterocycles. The Balaban J connectivity index is 1.59. The highest BCUT2D eigenvalue weighted by atomic mass is 16.2. The van der Waals surface area contributed by atoms with Gasteiger partial charge in [0.25, 0.3) is 0 Å². The lowest BCUT2D eigenvalue weighted by atomic mass is 9.94. The van der Waals surface area contributed by atoms with Crippen molar-refractivity contribution in [2.24, 2.45) is 0 Å². The molecule has 34 heavy (non-hydrogen) atoms. The number of fused-ring (bicyclic) bond motifs is 1. The first-order chi connectivity index (χ1) is 16.4. The van der Waals surface area contributed by atoms with Crippen LogP contribution in [0.2, 0.25) is 0 Å². The molecule has 0 aliphatic carbocycles. The van der Waals surface area contributed by atoms with Crippen molar-refractivity contribution in [3.05, 3.63) is 93.8 Å². The van der Waals surface area contributed by atoms with Crippen LogP contribution in [0.15, 0.2) is 54.6 Å². The highest BCUT2D eigenvalue weighted by Gasteiger charge is 2.35. The molecule has 3 aromatic carbocycles. The van der Waals surface area contributed by atoms with Crippen LogP contribution in [0.1, 0.15) is 58.5 Å². The molecule has 1 unspecified atom stereocenters. The van der Waals surface area contributed by atoms with E-state index in [0.717, 1.165) is 35.5 Å². The van der Waals surface area contributed by atoms with Crippen molar-refractivity contribution in [3.8, 4) is 0 Å². The summed E-state index contributed by atoms with van der Waals surface area (Å²) in [7, 11) is 0. The Hall–Kier alpha value is -3.40. The van der Waals surface area contributed by atoms with Gasteiger partial charge in [-0.15, -0.1) is 0 Å². The zero-order chi connectivity index (χ0) is 24.0. The van der Waals surface area contributed by atoms with Gasteiger partial charge in [0.1, 0.15) is 5.82 Å². The molecule has 0 bridgehead atoms. The minimum Gasteiger partial charge on any atom is -0.323 e. The summed E-state index contributed by atoms with van der Waals surface area (Å²) >= 11 is 0. The maximum atomic E-state index is 13.2. The summed E-state index contributed by atoms with van der Waals surface area (Å²) in [4.78, 5) is 20.3. The lowest BCUT2D eigenvalue weighted by Gasteiger charge is -2.21. The van der Waals surface area contributed by atoms with Crippen LogP contribution in [0.25, 0.3) is 11.0 Å². The molecule has 0 N–H and O–H groups in total. The molecular formula is C30H33N3O. The van der Waals surface area contributed by atoms with E-state index >= 15 is 0 Å². The Morgan fingerprint density at radius 1 is 0.941 bits per heavy atom. The Bertz CT molecular complexity index is 1370. The van der Waals surface area contributed by atoms with E-state index < -0.39 is 0 Å². The van der Waals surface area contributed by atoms with Crippen molar-refractivity contribution in [1.82, 2.24) is 9.55 Å². The number of rotatable bonds is 5. The second-order valence-corrected chi connectivity index (χ2v) is 9.67. The van der Waals surface area contributed by atoms with Crippen molar-refractivity contribution in [2.45, 2.75) is 59.9 Å². The first-order valence-corrected chi connectivity index (χ1v) is 12.3. The number of carbonyl (C=O) groups excluding carboxylic acids is 1. The number of para-hydroxylation sites is 3. The normalized spacial score (nSPS) is 16.1. The van der Waals surface area contributed by atoms with Gasteiger partial charge < -0.3 is 9.47 Å². The third kappa shape index (κ3) is 3.71. The van der Waals surface area contributed by atoms with E-state index in [-0.39, 0.29) is 11.8 Å². The van der Waals surface area contributed by atoms with Crippen molar-refractivity contribution >= 4 is 22.6 Å². The molecule has 1 aliphatic heterocycles. The zero-order valence-electron chi connectivity index (χ0n) is 20.9. The van der Waals surface area contributed by atoms with Crippen LogP contribution >= 0.6 is 0 Å². The van der Waals surface area contributed by atoms with Crippen molar-refractivity contribution in [1.29, 1.82) is 0 Å². The molecule has 0 radical (unpaired) electrons. The fourth-order valence-electron chi connectivity index (χ4n) is 5.45. The average molecular weight is 452 g/mol. The molecule has 1 aliphatic rings. The maximum absolute atomic E-state index is 13.2. The molecule has 2 heterocycles. The summed E-state index contributed by atoms with van der Waals surface area (Å²) in [5.41, 5.74) is 11.1. The molecule has 4 nitrogen and oxygen atoms in total. The van der Waals surface area contributed by atoms with Crippen LogP contribution < -0.4 is 4.90 Å². The van der Waals surface area contributed by atoms with Gasteiger partial charge in [0.15, 0.2) is 0 Å². The van der Waals surface area contributed by atoms with E-state index in [2.05, 4.69) is 75.6 Å². The van der Waals surface area contributed by atoms with E-state index in [1.54, 1.807) is 0 Å². The van der Waals surface area contributed by atoms with Gasteiger partial charge in [0.05, 0.1) is 11.0 Å². The van der Waals surface area contributed by atoms with Crippen LogP contribution in [-0.4, -0.2) is 22.0 Å². The number of hydrogen-bond donors (Lipinski definition) is 0. The molecule has 0 spiro atoms. The van der Waals surface area contributed by atoms with Gasteiger partial charge >= 0.3 is 0 Å². The van der Waals surface area contributed by atoms with Crippen LogP contribution in [0.3, 0.4) is 0 Å². The van der Waals surface area contributed by atoms with Gasteiger partial charge in [-0.1, -0.05) is 43.3 Å². The second kappa shape index (κ2) is 8.75. The smallest absolute Gasteiger partial charge is 0.227 e. The average Bonchev–Trinajstić information content (AvgIpc) is 3.40. The van der Waals surface area contributed by atoms with E-state index in [1.165, 1.54) is 33.4 Å². The summed E-state index contributed by atoms with van der Waals surface area (Å²) in [5.74, 6) is 1.27. The standard InChI is InChI=1S/C30H33N3O/c1-6-23-11-7-9-13-27(23)32-17-24(16-29(32)34)30-31-26-12-8-10-14-28(26)33(30)18-25-21(4)19(2)15-20(3)22(25)5/h7-15,24H,6,16-18H2,1-5H3. The summed E-state index contributed by atoms with van der Waals surface area (Å²) in [6.45, 7) is 12.4. The topological polar surface area (TPSA) is 38.1 Å². The highest BCUT2D eigenvalue weighted by Crippen LogP contribution is 2.35. The van der Waals surface area contributed by atoms with Crippen LogP contribution in [-0.2, 0) is 17.8 Å². The SMILES string of the molecule is CCc1ccccc1N1CC(c2nc3ccccc3n2Cc2c(C)c(C)cc(C)c2C)CC1=O. The number of carbonyl (C=O) groups is 1. The quantitative estimate of drug-likeness (QED) is 0.352. The van der Waals surface area contributed by atoms with Gasteiger partial charge in [-0.3, -0.25) is 4.79 Å². The minimum absolute atomic E-state index is 0.0660. The third-order valence-corrected chi connectivity index (χ3v) is 7.68. The number of nitrogens with zero attached hydrogens (tertiary/aromatic N) is 3. The van der Waals surface area contributed by atoms with Gasteiger partial charge in [-0.25, -0.2) is 4.98 Å². The molecule has 1 amide bonds. The molecule has 1 aromatic heterocycles. The zero-order valence-corrected chi connectivity index (χ0v) is 20.9. The van der Waals surface area contributed by atoms with Crippen molar-refractivity contribution in [3.63, 3.8) is 0 Å². The molecule has 1 atom stereocenters. The van der Waals surface area contributed by atoms with E-state index in [9.17, 15) is 4.79 Å². The van der Waals surface area contributed by atoms with Gasteiger partial charge in [-0.2, -0.15) is 0 Å². The number of imidazole rings is 1.